The van der Waals surface area contributed by atoms with Crippen molar-refractivity contribution >= 4 is 47.6 Å². The number of benzene rings is 2. The standard InChI is InChI=1S/C28H31N5O7S/c1-4-14-40-18-12-10-17(11-13-18)23(35)32-29-15-19(34)30-20(16-8-6-5-7-9-16)24(36)31-21-25(37)33-22(27(38)39)28(2,3)41-26(21)33/h5-13,15,20-22,26H,4,14H2,1-3H3,(H,30,34)(H,31,36)(H,32,35)(H,38,39)/b29-15+/t20?,21-,22+,26-/m1/s1. The van der Waals surface area contributed by atoms with E-state index < -0.39 is 57.8 Å². The summed E-state index contributed by atoms with van der Waals surface area (Å²) in [7, 11) is 0. The van der Waals surface area contributed by atoms with E-state index in [1.165, 1.54) is 16.7 Å². The average Bonchev–Trinajstić information content (AvgIpc) is 3.21. The number of hydrazone groups is 1. The highest BCUT2D eigenvalue weighted by Crippen LogP contribution is 2.50. The average molecular weight is 582 g/mol. The first-order chi connectivity index (χ1) is 19.5. The predicted octanol–water partition coefficient (Wildman–Crippen LogP) is 1.68. The van der Waals surface area contributed by atoms with E-state index in [0.717, 1.165) is 12.6 Å². The molecule has 13 heteroatoms. The second kappa shape index (κ2) is 12.4. The van der Waals surface area contributed by atoms with Crippen LogP contribution in [0.2, 0.25) is 0 Å². The van der Waals surface area contributed by atoms with Crippen LogP contribution in [0.3, 0.4) is 0 Å². The van der Waals surface area contributed by atoms with Gasteiger partial charge in [0.1, 0.15) is 35.5 Å². The number of rotatable bonds is 11. The van der Waals surface area contributed by atoms with E-state index >= 15 is 0 Å². The van der Waals surface area contributed by atoms with Gasteiger partial charge in [-0.2, -0.15) is 5.10 Å². The lowest BCUT2D eigenvalue weighted by Crippen LogP contribution is -2.71. The number of carboxylic acid groups (broad SMARTS) is 1. The molecule has 2 aliphatic heterocycles. The molecule has 216 valence electrons. The second-order valence-electron chi connectivity index (χ2n) is 10.0. The van der Waals surface area contributed by atoms with Gasteiger partial charge in [0, 0.05) is 10.3 Å². The highest BCUT2D eigenvalue weighted by Gasteiger charge is 2.64. The minimum atomic E-state index is -1.18. The molecule has 2 aromatic carbocycles. The fourth-order valence-corrected chi connectivity index (χ4v) is 6.27. The minimum absolute atomic E-state index is 0.310. The summed E-state index contributed by atoms with van der Waals surface area (Å²) in [5.41, 5.74) is 3.03. The summed E-state index contributed by atoms with van der Waals surface area (Å²) in [6, 6.07) is 11.7. The quantitative estimate of drug-likeness (QED) is 0.177. The molecule has 0 bridgehead atoms. The lowest BCUT2D eigenvalue weighted by Gasteiger charge is -2.44. The van der Waals surface area contributed by atoms with Crippen LogP contribution in [0, 0.1) is 0 Å². The van der Waals surface area contributed by atoms with E-state index in [0.29, 0.717) is 23.5 Å². The van der Waals surface area contributed by atoms with Crippen LogP contribution in [0.5, 0.6) is 5.75 Å². The molecule has 41 heavy (non-hydrogen) atoms. The fraction of sp³-hybridized carbons (Fsp3) is 0.357. The van der Waals surface area contributed by atoms with Crippen LogP contribution in [0.25, 0.3) is 0 Å². The molecule has 4 N–H and O–H groups in total. The van der Waals surface area contributed by atoms with Gasteiger partial charge in [0.05, 0.1) is 6.61 Å². The maximum Gasteiger partial charge on any atom is 0.327 e. The lowest BCUT2D eigenvalue weighted by molar-refractivity contribution is -0.161. The van der Waals surface area contributed by atoms with Crippen molar-refractivity contribution in [1.29, 1.82) is 0 Å². The second-order valence-corrected chi connectivity index (χ2v) is 11.8. The first-order valence-corrected chi connectivity index (χ1v) is 13.9. The zero-order valence-electron chi connectivity index (χ0n) is 22.7. The topological polar surface area (TPSA) is 166 Å². The van der Waals surface area contributed by atoms with E-state index in [2.05, 4.69) is 21.2 Å². The zero-order valence-corrected chi connectivity index (χ0v) is 23.5. The van der Waals surface area contributed by atoms with Crippen LogP contribution >= 0.6 is 11.8 Å². The summed E-state index contributed by atoms with van der Waals surface area (Å²) in [4.78, 5) is 64.2. The summed E-state index contributed by atoms with van der Waals surface area (Å²) >= 11 is 1.30. The van der Waals surface area contributed by atoms with Gasteiger partial charge in [0.15, 0.2) is 0 Å². The molecule has 0 radical (unpaired) electrons. The van der Waals surface area contributed by atoms with Crippen LogP contribution in [-0.2, 0) is 19.2 Å². The number of hydrogen-bond donors (Lipinski definition) is 4. The number of thioether (sulfide) groups is 1. The Bertz CT molecular complexity index is 1350. The van der Waals surface area contributed by atoms with Gasteiger partial charge in [-0.15, -0.1) is 11.8 Å². The highest BCUT2D eigenvalue weighted by atomic mass is 32.2. The van der Waals surface area contributed by atoms with Crippen molar-refractivity contribution in [1.82, 2.24) is 21.0 Å². The number of carbonyl (C=O) groups is 5. The van der Waals surface area contributed by atoms with Crippen LogP contribution in [0.15, 0.2) is 59.7 Å². The van der Waals surface area contributed by atoms with E-state index in [1.807, 2.05) is 6.92 Å². The maximum atomic E-state index is 13.3. The third-order valence-electron chi connectivity index (χ3n) is 6.59. The molecule has 2 saturated heterocycles. The molecule has 0 saturated carbocycles. The number of fused-ring (bicyclic) bond motifs is 1. The summed E-state index contributed by atoms with van der Waals surface area (Å²) in [6.45, 7) is 6.03. The number of β-lactam (4-membered cyclic amide) rings is 1. The molecule has 4 amide bonds. The third-order valence-corrected chi connectivity index (χ3v) is 8.16. The number of nitrogens with zero attached hydrogens (tertiary/aromatic N) is 2. The number of aliphatic carboxylic acids is 1. The smallest absolute Gasteiger partial charge is 0.327 e. The molecule has 2 heterocycles. The molecule has 12 nitrogen and oxygen atoms in total. The van der Waals surface area contributed by atoms with Gasteiger partial charge < -0.3 is 25.4 Å². The van der Waals surface area contributed by atoms with Gasteiger partial charge in [0.2, 0.25) is 11.8 Å². The van der Waals surface area contributed by atoms with Crippen LogP contribution < -0.4 is 20.8 Å². The SMILES string of the molecule is CCCOc1ccc(C(=O)N/N=C/C(=O)NC(C(=O)N[C@@H]2C(=O)N3[C@@H]2SC(C)(C)[C@@H]3C(=O)O)c2ccccc2)cc1. The van der Waals surface area contributed by atoms with Gasteiger partial charge >= 0.3 is 5.97 Å². The Labute approximate surface area is 240 Å². The molecule has 2 fully saturated rings. The molecule has 0 spiro atoms. The Morgan fingerprint density at radius 1 is 1.12 bits per heavy atom. The predicted molar refractivity (Wildman–Crippen MR) is 151 cm³/mol. The van der Waals surface area contributed by atoms with Gasteiger partial charge in [-0.25, -0.2) is 10.2 Å². The molecule has 4 atom stereocenters. The Morgan fingerprint density at radius 2 is 1.80 bits per heavy atom. The number of carbonyl (C=O) groups excluding carboxylic acids is 4. The summed E-state index contributed by atoms with van der Waals surface area (Å²) in [5.74, 6) is -2.94. The van der Waals surface area contributed by atoms with Crippen molar-refractivity contribution in [3.8, 4) is 5.75 Å². The number of hydrogen-bond acceptors (Lipinski definition) is 8. The van der Waals surface area contributed by atoms with Crippen molar-refractivity contribution in [3.05, 3.63) is 65.7 Å². The highest BCUT2D eigenvalue weighted by molar-refractivity contribution is 8.01. The molecule has 1 unspecified atom stereocenters. The molecular weight excluding hydrogens is 550 g/mol. The zero-order chi connectivity index (χ0) is 29.7. The first kappa shape index (κ1) is 29.6. The minimum Gasteiger partial charge on any atom is -0.494 e. The van der Waals surface area contributed by atoms with Crippen molar-refractivity contribution in [2.24, 2.45) is 5.10 Å². The molecular formula is C28H31N5O7S. The summed E-state index contributed by atoms with van der Waals surface area (Å²) < 4.78 is 4.74. The number of ether oxygens (including phenoxy) is 1. The normalized spacial score (nSPS) is 21.4. The van der Waals surface area contributed by atoms with Crippen molar-refractivity contribution in [2.45, 2.75) is 55.4 Å². The largest absolute Gasteiger partial charge is 0.494 e. The van der Waals surface area contributed by atoms with Gasteiger partial charge in [-0.3, -0.25) is 19.2 Å². The number of amides is 4. The third kappa shape index (κ3) is 6.51. The van der Waals surface area contributed by atoms with Gasteiger partial charge in [-0.05, 0) is 50.1 Å². The fourth-order valence-electron chi connectivity index (χ4n) is 4.64. The Morgan fingerprint density at radius 3 is 2.44 bits per heavy atom. The molecule has 4 rings (SSSR count). The Hall–Kier alpha value is -4.39. The van der Waals surface area contributed by atoms with Crippen LogP contribution in [0.1, 0.15) is 49.2 Å². The number of carboxylic acids is 1. The van der Waals surface area contributed by atoms with Crippen molar-refractivity contribution < 1.29 is 33.8 Å². The molecule has 2 aromatic rings. The van der Waals surface area contributed by atoms with Crippen LogP contribution in [0.4, 0.5) is 0 Å². The molecule has 0 aromatic heterocycles. The number of nitrogens with one attached hydrogen (secondary N) is 3. The monoisotopic (exact) mass is 581 g/mol. The van der Waals surface area contributed by atoms with Crippen LogP contribution in [-0.4, -0.2) is 74.6 Å². The van der Waals surface area contributed by atoms with Crippen molar-refractivity contribution in [3.63, 3.8) is 0 Å². The molecule has 0 aliphatic carbocycles. The van der Waals surface area contributed by atoms with Crippen molar-refractivity contribution in [2.75, 3.05) is 6.61 Å². The molecule has 2 aliphatic rings. The van der Waals surface area contributed by atoms with E-state index in [4.69, 9.17) is 4.74 Å². The summed E-state index contributed by atoms with van der Waals surface area (Å²) in [5, 5.41) is 18.0. The first-order valence-electron chi connectivity index (χ1n) is 13.0. The maximum absolute atomic E-state index is 13.3. The Balaban J connectivity index is 1.38. The Kier molecular flexibility index (Phi) is 8.96. The van der Waals surface area contributed by atoms with E-state index in [9.17, 15) is 29.1 Å². The van der Waals surface area contributed by atoms with E-state index in [1.54, 1.807) is 68.4 Å². The van der Waals surface area contributed by atoms with Gasteiger partial charge in [0.25, 0.3) is 11.8 Å². The summed E-state index contributed by atoms with van der Waals surface area (Å²) in [6.07, 6.45) is 1.69. The lowest BCUT2D eigenvalue weighted by atomic mass is 9.95. The van der Waals surface area contributed by atoms with E-state index in [-0.39, 0.29) is 0 Å². The van der Waals surface area contributed by atoms with Gasteiger partial charge in [-0.1, -0.05) is 37.3 Å².